The summed E-state index contributed by atoms with van der Waals surface area (Å²) < 4.78 is 41.6. The minimum absolute atomic E-state index is 0.0865. The van der Waals surface area contributed by atoms with E-state index in [2.05, 4.69) is 0 Å². The molecule has 7 heteroatoms. The van der Waals surface area contributed by atoms with Crippen molar-refractivity contribution in [2.24, 2.45) is 0 Å². The molecule has 144 valence electrons. The molecule has 0 aliphatic rings. The number of furan rings is 1. The summed E-state index contributed by atoms with van der Waals surface area (Å²) in [5, 5.41) is 0.864. The Morgan fingerprint density at radius 3 is 2.61 bits per heavy atom. The van der Waals surface area contributed by atoms with E-state index in [1.54, 1.807) is 25.1 Å². The lowest BCUT2D eigenvalue weighted by molar-refractivity contribution is 0.211. The predicted molar refractivity (Wildman–Crippen MR) is 101 cm³/mol. The van der Waals surface area contributed by atoms with E-state index in [1.165, 1.54) is 31.6 Å². The Morgan fingerprint density at radius 2 is 1.82 bits per heavy atom. The number of halogens is 1. The van der Waals surface area contributed by atoms with Crippen LogP contribution in [-0.4, -0.2) is 20.3 Å². The molecule has 0 aliphatic carbocycles. The van der Waals surface area contributed by atoms with E-state index in [0.717, 1.165) is 0 Å². The zero-order valence-corrected chi connectivity index (χ0v) is 15.3. The number of rotatable bonds is 6. The average molecular weight is 384 g/mol. The zero-order chi connectivity index (χ0) is 19.7. The first kappa shape index (κ1) is 17.9. The van der Waals surface area contributed by atoms with Crippen molar-refractivity contribution in [3.8, 4) is 17.2 Å². The molecule has 2 aromatic carbocycles. The van der Waals surface area contributed by atoms with E-state index in [0.29, 0.717) is 22.5 Å². The second-order valence-electron chi connectivity index (χ2n) is 6.08. The van der Waals surface area contributed by atoms with Gasteiger partial charge in [0.1, 0.15) is 30.1 Å². The van der Waals surface area contributed by atoms with E-state index >= 15 is 0 Å². The Kier molecular flexibility index (Phi) is 4.65. The minimum Gasteiger partial charge on any atom is -0.495 e. The van der Waals surface area contributed by atoms with Crippen LogP contribution in [0.4, 0.5) is 4.39 Å². The lowest BCUT2D eigenvalue weighted by Gasteiger charge is -2.13. The maximum Gasteiger partial charge on any atom is 0.206 e. The third-order valence-electron chi connectivity index (χ3n) is 4.25. The molecule has 0 atom stereocenters. The normalized spacial score (nSPS) is 11.1. The van der Waals surface area contributed by atoms with Crippen LogP contribution in [0.15, 0.2) is 56.3 Å². The second kappa shape index (κ2) is 7.26. The van der Waals surface area contributed by atoms with Crippen molar-refractivity contribution < 1.29 is 27.4 Å². The van der Waals surface area contributed by atoms with E-state index in [9.17, 15) is 9.18 Å². The molecule has 4 rings (SSSR count). The Labute approximate surface area is 159 Å². The number of methoxy groups -OCH3 is 1. The predicted octanol–water partition coefficient (Wildman–Crippen LogP) is 4.45. The molecule has 0 saturated heterocycles. The maximum atomic E-state index is 13.6. The summed E-state index contributed by atoms with van der Waals surface area (Å²) in [5.41, 5.74) is 0.380. The van der Waals surface area contributed by atoms with Gasteiger partial charge in [-0.2, -0.15) is 0 Å². The first-order valence-corrected chi connectivity index (χ1v) is 8.62. The highest BCUT2D eigenvalue weighted by Crippen LogP contribution is 2.42. The van der Waals surface area contributed by atoms with Crippen LogP contribution in [0.1, 0.15) is 5.76 Å². The lowest BCUT2D eigenvalue weighted by Crippen LogP contribution is -2.11. The zero-order valence-electron chi connectivity index (χ0n) is 15.3. The fourth-order valence-corrected chi connectivity index (χ4v) is 3.09. The summed E-state index contributed by atoms with van der Waals surface area (Å²) in [6, 6.07) is 9.19. The highest BCUT2D eigenvalue weighted by atomic mass is 19.1. The molecule has 0 fully saturated rings. The molecule has 28 heavy (non-hydrogen) atoms. The first-order valence-electron chi connectivity index (χ1n) is 8.62. The van der Waals surface area contributed by atoms with E-state index in [1.807, 2.05) is 0 Å². The van der Waals surface area contributed by atoms with Gasteiger partial charge in [-0.3, -0.25) is 4.79 Å². The summed E-state index contributed by atoms with van der Waals surface area (Å²) in [7, 11) is 1.48. The molecule has 6 nitrogen and oxygen atoms in total. The fourth-order valence-electron chi connectivity index (χ4n) is 3.09. The molecule has 0 bridgehead atoms. The number of fused-ring (bicyclic) bond motifs is 2. The molecule has 0 saturated carbocycles. The van der Waals surface area contributed by atoms with Gasteiger partial charge in [-0.05, 0) is 25.1 Å². The quantitative estimate of drug-likeness (QED) is 0.457. The highest BCUT2D eigenvalue weighted by molar-refractivity contribution is 6.06. The average Bonchev–Trinajstić information content (AvgIpc) is 3.15. The molecule has 0 aliphatic heterocycles. The Balaban J connectivity index is 1.70. The minimum atomic E-state index is -0.451. The Bertz CT molecular complexity index is 1210. The van der Waals surface area contributed by atoms with Gasteiger partial charge in [-0.15, -0.1) is 0 Å². The number of benzene rings is 2. The van der Waals surface area contributed by atoms with Crippen LogP contribution in [-0.2, 0) is 0 Å². The topological polar surface area (TPSA) is 71.0 Å². The smallest absolute Gasteiger partial charge is 0.206 e. The van der Waals surface area contributed by atoms with E-state index < -0.39 is 5.82 Å². The molecular formula is C21H17FO6. The molecule has 0 amide bonds. The van der Waals surface area contributed by atoms with Crippen molar-refractivity contribution in [2.75, 3.05) is 20.3 Å². The maximum absolute atomic E-state index is 13.6. The number of hydrogen-bond acceptors (Lipinski definition) is 6. The third-order valence-corrected chi connectivity index (χ3v) is 4.25. The third kappa shape index (κ3) is 3.05. The van der Waals surface area contributed by atoms with Crippen molar-refractivity contribution in [2.45, 2.75) is 6.92 Å². The Hall–Kier alpha value is -3.48. The lowest BCUT2D eigenvalue weighted by atomic mass is 10.1. The number of ether oxygens (including phenoxy) is 3. The summed E-state index contributed by atoms with van der Waals surface area (Å²) in [6.07, 6.45) is 1.48. The van der Waals surface area contributed by atoms with Crippen molar-refractivity contribution in [1.29, 1.82) is 0 Å². The fraction of sp³-hybridized carbons (Fsp3) is 0.190. The van der Waals surface area contributed by atoms with Crippen molar-refractivity contribution >= 4 is 21.9 Å². The van der Waals surface area contributed by atoms with Gasteiger partial charge < -0.3 is 23.0 Å². The van der Waals surface area contributed by atoms with Crippen molar-refractivity contribution in [1.82, 2.24) is 0 Å². The van der Waals surface area contributed by atoms with E-state index in [-0.39, 0.29) is 41.1 Å². The number of hydrogen-bond donors (Lipinski definition) is 0. The molecule has 0 N–H and O–H groups in total. The van der Waals surface area contributed by atoms with Crippen LogP contribution in [0.3, 0.4) is 0 Å². The molecule has 0 radical (unpaired) electrons. The Morgan fingerprint density at radius 1 is 1.04 bits per heavy atom. The van der Waals surface area contributed by atoms with Crippen LogP contribution >= 0.6 is 0 Å². The van der Waals surface area contributed by atoms with Gasteiger partial charge in [0.25, 0.3) is 0 Å². The second-order valence-corrected chi connectivity index (χ2v) is 6.08. The van der Waals surface area contributed by atoms with Crippen molar-refractivity contribution in [3.05, 3.63) is 64.5 Å². The molecular weight excluding hydrogens is 367 g/mol. The van der Waals surface area contributed by atoms with Gasteiger partial charge in [-0.1, -0.05) is 12.1 Å². The summed E-state index contributed by atoms with van der Waals surface area (Å²) in [6.45, 7) is 1.85. The molecule has 2 heterocycles. The summed E-state index contributed by atoms with van der Waals surface area (Å²) in [4.78, 5) is 12.6. The SMILES string of the molecule is COc1c2ccoc2c(OCCOc2ccccc2F)c2oc(C)cc(=O)c12. The van der Waals surface area contributed by atoms with Crippen LogP contribution < -0.4 is 19.6 Å². The molecule has 0 unspecified atom stereocenters. The molecule has 2 aromatic heterocycles. The monoisotopic (exact) mass is 384 g/mol. The van der Waals surface area contributed by atoms with Crippen LogP contribution in [0.5, 0.6) is 17.2 Å². The van der Waals surface area contributed by atoms with Crippen molar-refractivity contribution in [3.63, 3.8) is 0 Å². The van der Waals surface area contributed by atoms with Gasteiger partial charge >= 0.3 is 0 Å². The summed E-state index contributed by atoms with van der Waals surface area (Å²) >= 11 is 0. The molecule has 4 aromatic rings. The van der Waals surface area contributed by atoms with Crippen LogP contribution in [0, 0.1) is 12.7 Å². The number of para-hydroxylation sites is 1. The van der Waals surface area contributed by atoms with E-state index in [4.69, 9.17) is 23.0 Å². The summed E-state index contributed by atoms with van der Waals surface area (Å²) in [5.74, 6) is 0.748. The molecule has 0 spiro atoms. The largest absolute Gasteiger partial charge is 0.495 e. The number of aryl methyl sites for hydroxylation is 1. The van der Waals surface area contributed by atoms with Gasteiger partial charge in [0.2, 0.25) is 5.75 Å². The standard InChI is InChI=1S/C21H17FO6/c1-12-11-15(23)17-18(24-2)13-7-8-26-19(13)21(20(17)28-12)27-10-9-25-16-6-4-3-5-14(16)22/h3-8,11H,9-10H2,1-2H3. The van der Waals surface area contributed by atoms with Crippen LogP contribution in [0.25, 0.3) is 21.9 Å². The highest BCUT2D eigenvalue weighted by Gasteiger charge is 2.22. The van der Waals surface area contributed by atoms with Gasteiger partial charge in [0.05, 0.1) is 18.8 Å². The first-order chi connectivity index (χ1) is 13.6. The van der Waals surface area contributed by atoms with Gasteiger partial charge in [0.15, 0.2) is 28.2 Å². The van der Waals surface area contributed by atoms with Crippen LogP contribution in [0.2, 0.25) is 0 Å². The van der Waals surface area contributed by atoms with Gasteiger partial charge in [-0.25, -0.2) is 4.39 Å². The van der Waals surface area contributed by atoms with Gasteiger partial charge in [0, 0.05) is 6.07 Å².